The summed E-state index contributed by atoms with van der Waals surface area (Å²) >= 11 is 3.33. The zero-order valence-corrected chi connectivity index (χ0v) is 16.6. The van der Waals surface area contributed by atoms with Crippen molar-refractivity contribution in [3.63, 3.8) is 0 Å². The van der Waals surface area contributed by atoms with Crippen molar-refractivity contribution in [3.8, 4) is 0 Å². The lowest BCUT2D eigenvalue weighted by Gasteiger charge is -2.10. The molecule has 9 heteroatoms. The second-order valence-electron chi connectivity index (χ2n) is 6.08. The van der Waals surface area contributed by atoms with E-state index in [9.17, 15) is 14.4 Å². The van der Waals surface area contributed by atoms with E-state index in [2.05, 4.69) is 36.9 Å². The zero-order chi connectivity index (χ0) is 20.1. The van der Waals surface area contributed by atoms with Gasteiger partial charge in [-0.2, -0.15) is 0 Å². The van der Waals surface area contributed by atoms with E-state index in [-0.39, 0.29) is 18.8 Å². The number of urea groups is 1. The van der Waals surface area contributed by atoms with E-state index in [1.165, 1.54) is 10.9 Å². The van der Waals surface area contributed by atoms with Gasteiger partial charge in [0.1, 0.15) is 0 Å². The molecule has 3 rings (SSSR count). The minimum atomic E-state index is -0.615. The van der Waals surface area contributed by atoms with Crippen LogP contribution in [0, 0.1) is 6.92 Å². The summed E-state index contributed by atoms with van der Waals surface area (Å²) in [6, 6.07) is 11.9. The maximum atomic E-state index is 12.5. The molecule has 2 aromatic carbocycles. The SMILES string of the molecule is Cc1ccccc1NC(=O)NC(=O)CNCn1cnc2ccc(Br)cc2c1=O. The highest BCUT2D eigenvalue weighted by Gasteiger charge is 2.09. The summed E-state index contributed by atoms with van der Waals surface area (Å²) in [5.74, 6) is -0.518. The number of para-hydroxylation sites is 1. The first kappa shape index (κ1) is 19.7. The van der Waals surface area contributed by atoms with E-state index >= 15 is 0 Å². The Balaban J connectivity index is 1.53. The van der Waals surface area contributed by atoms with Gasteiger partial charge in [-0.1, -0.05) is 34.1 Å². The lowest BCUT2D eigenvalue weighted by molar-refractivity contribution is -0.119. The van der Waals surface area contributed by atoms with Crippen LogP contribution in [-0.2, 0) is 11.5 Å². The number of benzene rings is 2. The van der Waals surface area contributed by atoms with Crippen LogP contribution in [0.25, 0.3) is 10.9 Å². The number of fused-ring (bicyclic) bond motifs is 1. The van der Waals surface area contributed by atoms with Crippen molar-refractivity contribution >= 4 is 44.5 Å². The van der Waals surface area contributed by atoms with Gasteiger partial charge < -0.3 is 5.32 Å². The van der Waals surface area contributed by atoms with E-state index in [0.29, 0.717) is 16.6 Å². The molecular formula is C19H18BrN5O3. The van der Waals surface area contributed by atoms with Crippen LogP contribution in [0.5, 0.6) is 0 Å². The highest BCUT2D eigenvalue weighted by Crippen LogP contribution is 2.14. The van der Waals surface area contributed by atoms with Crippen molar-refractivity contribution in [1.82, 2.24) is 20.2 Å². The number of carbonyl (C=O) groups excluding carboxylic acids is 2. The number of nitrogens with one attached hydrogen (secondary N) is 3. The summed E-state index contributed by atoms with van der Waals surface area (Å²) in [6.07, 6.45) is 1.41. The number of carbonyl (C=O) groups is 2. The molecule has 0 bridgehead atoms. The van der Waals surface area contributed by atoms with Gasteiger partial charge in [0.15, 0.2) is 0 Å². The third kappa shape index (κ3) is 4.81. The molecule has 0 radical (unpaired) electrons. The Morgan fingerprint density at radius 2 is 1.96 bits per heavy atom. The minimum Gasteiger partial charge on any atom is -0.307 e. The first-order valence-electron chi connectivity index (χ1n) is 8.46. The molecule has 0 saturated carbocycles. The van der Waals surface area contributed by atoms with Crippen molar-refractivity contribution in [2.75, 3.05) is 11.9 Å². The normalized spacial score (nSPS) is 10.6. The summed E-state index contributed by atoms with van der Waals surface area (Å²) < 4.78 is 2.14. The summed E-state index contributed by atoms with van der Waals surface area (Å²) in [5, 5.41) is 8.14. The summed E-state index contributed by atoms with van der Waals surface area (Å²) in [7, 11) is 0. The summed E-state index contributed by atoms with van der Waals surface area (Å²) in [4.78, 5) is 40.5. The Hall–Kier alpha value is -3.04. The number of hydrogen-bond acceptors (Lipinski definition) is 5. The monoisotopic (exact) mass is 443 g/mol. The number of aromatic nitrogens is 2. The first-order chi connectivity index (χ1) is 13.4. The molecule has 3 aromatic rings. The Kier molecular flexibility index (Phi) is 6.17. The smallest absolute Gasteiger partial charge is 0.307 e. The largest absolute Gasteiger partial charge is 0.325 e. The molecule has 0 unspecified atom stereocenters. The van der Waals surface area contributed by atoms with Crippen LogP contribution >= 0.6 is 15.9 Å². The average Bonchev–Trinajstić information content (AvgIpc) is 2.66. The molecule has 28 heavy (non-hydrogen) atoms. The molecule has 0 aliphatic heterocycles. The highest BCUT2D eigenvalue weighted by atomic mass is 79.9. The van der Waals surface area contributed by atoms with Gasteiger partial charge in [-0.05, 0) is 36.8 Å². The molecule has 0 atom stereocenters. The van der Waals surface area contributed by atoms with Gasteiger partial charge >= 0.3 is 6.03 Å². The zero-order valence-electron chi connectivity index (χ0n) is 15.0. The molecule has 3 amide bonds. The Labute approximate surface area is 169 Å². The van der Waals surface area contributed by atoms with E-state index in [1.54, 1.807) is 24.3 Å². The third-order valence-corrected chi connectivity index (χ3v) is 4.49. The van der Waals surface area contributed by atoms with Crippen molar-refractivity contribution in [3.05, 3.63) is 69.2 Å². The topological polar surface area (TPSA) is 105 Å². The van der Waals surface area contributed by atoms with Crippen LogP contribution in [-0.4, -0.2) is 28.0 Å². The van der Waals surface area contributed by atoms with Gasteiger partial charge in [0.05, 0.1) is 30.4 Å². The van der Waals surface area contributed by atoms with Gasteiger partial charge in [0.2, 0.25) is 5.91 Å². The predicted molar refractivity (Wildman–Crippen MR) is 110 cm³/mol. The van der Waals surface area contributed by atoms with E-state index in [0.717, 1.165) is 10.0 Å². The van der Waals surface area contributed by atoms with Gasteiger partial charge in [0.25, 0.3) is 5.56 Å². The van der Waals surface area contributed by atoms with Gasteiger partial charge in [-0.15, -0.1) is 0 Å². The molecule has 3 N–H and O–H groups in total. The molecule has 0 saturated heterocycles. The predicted octanol–water partition coefficient (Wildman–Crippen LogP) is 2.36. The Morgan fingerprint density at radius 1 is 1.18 bits per heavy atom. The van der Waals surface area contributed by atoms with Crippen molar-refractivity contribution in [1.29, 1.82) is 0 Å². The van der Waals surface area contributed by atoms with Gasteiger partial charge in [0, 0.05) is 10.2 Å². The molecule has 144 valence electrons. The number of hydrogen-bond donors (Lipinski definition) is 3. The average molecular weight is 444 g/mol. The molecule has 0 aliphatic rings. The van der Waals surface area contributed by atoms with Crippen molar-refractivity contribution in [2.24, 2.45) is 0 Å². The first-order valence-corrected chi connectivity index (χ1v) is 9.25. The standard InChI is InChI=1S/C19H18BrN5O3/c1-12-4-2-3-5-15(12)23-19(28)24-17(26)9-21-10-25-11-22-16-7-6-13(20)8-14(16)18(25)27/h2-8,11,21H,9-10H2,1H3,(H2,23,24,26,28). The van der Waals surface area contributed by atoms with Crippen LogP contribution in [0.15, 0.2) is 58.1 Å². The fourth-order valence-electron chi connectivity index (χ4n) is 2.57. The van der Waals surface area contributed by atoms with Crippen LogP contribution in [0.4, 0.5) is 10.5 Å². The quantitative estimate of drug-likeness (QED) is 0.561. The number of aryl methyl sites for hydroxylation is 1. The van der Waals surface area contributed by atoms with Crippen LogP contribution < -0.4 is 21.5 Å². The number of nitrogens with zero attached hydrogens (tertiary/aromatic N) is 2. The Morgan fingerprint density at radius 3 is 2.75 bits per heavy atom. The lowest BCUT2D eigenvalue weighted by atomic mass is 10.2. The summed E-state index contributed by atoms with van der Waals surface area (Å²) in [6.45, 7) is 1.80. The maximum absolute atomic E-state index is 12.5. The number of halogens is 1. The van der Waals surface area contributed by atoms with Crippen molar-refractivity contribution < 1.29 is 9.59 Å². The van der Waals surface area contributed by atoms with E-state index < -0.39 is 11.9 Å². The minimum absolute atomic E-state index is 0.0844. The van der Waals surface area contributed by atoms with Gasteiger partial charge in [-0.3, -0.25) is 24.8 Å². The van der Waals surface area contributed by atoms with Crippen LogP contribution in [0.2, 0.25) is 0 Å². The fraction of sp³-hybridized carbons (Fsp3) is 0.158. The second kappa shape index (κ2) is 8.77. The molecule has 8 nitrogen and oxygen atoms in total. The second-order valence-corrected chi connectivity index (χ2v) is 7.00. The van der Waals surface area contributed by atoms with Crippen LogP contribution in [0.3, 0.4) is 0 Å². The number of amides is 3. The molecule has 0 spiro atoms. The highest BCUT2D eigenvalue weighted by molar-refractivity contribution is 9.10. The van der Waals surface area contributed by atoms with E-state index in [1.807, 2.05) is 25.1 Å². The number of anilines is 1. The lowest BCUT2D eigenvalue weighted by Crippen LogP contribution is -2.41. The van der Waals surface area contributed by atoms with E-state index in [4.69, 9.17) is 0 Å². The molecule has 1 heterocycles. The van der Waals surface area contributed by atoms with Crippen molar-refractivity contribution in [2.45, 2.75) is 13.6 Å². The molecular weight excluding hydrogens is 426 g/mol. The molecule has 1 aromatic heterocycles. The molecule has 0 fully saturated rings. The fourth-order valence-corrected chi connectivity index (χ4v) is 2.93. The maximum Gasteiger partial charge on any atom is 0.325 e. The van der Waals surface area contributed by atoms with Gasteiger partial charge in [-0.25, -0.2) is 9.78 Å². The van der Waals surface area contributed by atoms with Crippen LogP contribution in [0.1, 0.15) is 5.56 Å². The number of imide groups is 1. The Bertz CT molecular complexity index is 1100. The molecule has 0 aliphatic carbocycles. The third-order valence-electron chi connectivity index (χ3n) is 4.00. The summed E-state index contributed by atoms with van der Waals surface area (Å²) in [5.41, 5.74) is 1.88. The number of rotatable bonds is 5.